The van der Waals surface area contributed by atoms with Crippen molar-refractivity contribution in [2.45, 2.75) is 26.4 Å². The fourth-order valence-electron chi connectivity index (χ4n) is 1.48. The van der Waals surface area contributed by atoms with Gasteiger partial charge in [0.15, 0.2) is 6.10 Å². The molecule has 0 aromatic heterocycles. The van der Waals surface area contributed by atoms with Gasteiger partial charge in [0.2, 0.25) is 0 Å². The summed E-state index contributed by atoms with van der Waals surface area (Å²) in [6.45, 7) is 4.41. The van der Waals surface area contributed by atoms with Crippen LogP contribution in [-0.4, -0.2) is 30.4 Å². The monoisotopic (exact) mass is 316 g/mol. The summed E-state index contributed by atoms with van der Waals surface area (Å²) in [5, 5.41) is 8.91. The zero-order valence-electron chi connectivity index (χ0n) is 10.5. The maximum absolute atomic E-state index is 10.9. The van der Waals surface area contributed by atoms with E-state index < -0.39 is 12.1 Å². The van der Waals surface area contributed by atoms with E-state index in [0.717, 1.165) is 15.8 Å². The summed E-state index contributed by atoms with van der Waals surface area (Å²) in [4.78, 5) is 10.9. The molecule has 5 heteroatoms. The number of aliphatic carboxylic acids is 1. The van der Waals surface area contributed by atoms with Crippen LogP contribution in [0.4, 0.5) is 0 Å². The summed E-state index contributed by atoms with van der Waals surface area (Å²) in [7, 11) is 0. The largest absolute Gasteiger partial charge is 0.493 e. The average molecular weight is 317 g/mol. The third kappa shape index (κ3) is 4.66. The second kappa shape index (κ2) is 7.38. The molecule has 1 aromatic carbocycles. The van der Waals surface area contributed by atoms with E-state index >= 15 is 0 Å². The summed E-state index contributed by atoms with van der Waals surface area (Å²) in [6.07, 6.45) is -0.475. The fraction of sp³-hybridized carbons (Fsp3) is 0.462. The van der Waals surface area contributed by atoms with Crippen molar-refractivity contribution in [2.75, 3.05) is 13.2 Å². The molecule has 0 heterocycles. The second-order valence-electron chi connectivity index (χ2n) is 3.83. The molecule has 4 nitrogen and oxygen atoms in total. The van der Waals surface area contributed by atoms with E-state index in [4.69, 9.17) is 14.6 Å². The lowest BCUT2D eigenvalue weighted by molar-refractivity contribution is -0.150. The van der Waals surface area contributed by atoms with Gasteiger partial charge in [0.1, 0.15) is 5.75 Å². The molecule has 0 saturated carbocycles. The molecule has 0 aliphatic heterocycles. The van der Waals surface area contributed by atoms with E-state index in [1.165, 1.54) is 0 Å². The molecular formula is C13H17BrO4. The minimum Gasteiger partial charge on any atom is -0.493 e. The van der Waals surface area contributed by atoms with Gasteiger partial charge in [-0.3, -0.25) is 0 Å². The first kappa shape index (κ1) is 15.0. The van der Waals surface area contributed by atoms with Gasteiger partial charge < -0.3 is 14.6 Å². The number of carboxylic acid groups (broad SMARTS) is 1. The van der Waals surface area contributed by atoms with E-state index in [2.05, 4.69) is 15.9 Å². The van der Waals surface area contributed by atoms with Crippen LogP contribution in [0.5, 0.6) is 5.75 Å². The Morgan fingerprint density at radius 1 is 1.50 bits per heavy atom. The van der Waals surface area contributed by atoms with Crippen molar-refractivity contribution < 1.29 is 19.4 Å². The van der Waals surface area contributed by atoms with Crippen molar-refractivity contribution >= 4 is 21.9 Å². The zero-order chi connectivity index (χ0) is 13.5. The number of rotatable bonds is 7. The minimum absolute atomic E-state index is 0.314. The highest BCUT2D eigenvalue weighted by atomic mass is 79.9. The van der Waals surface area contributed by atoms with Crippen LogP contribution in [0.1, 0.15) is 18.9 Å². The Morgan fingerprint density at radius 2 is 2.22 bits per heavy atom. The molecular weight excluding hydrogens is 300 g/mol. The Hall–Kier alpha value is -1.07. The molecule has 0 bridgehead atoms. The van der Waals surface area contributed by atoms with Gasteiger partial charge in [-0.25, -0.2) is 4.79 Å². The highest BCUT2D eigenvalue weighted by molar-refractivity contribution is 9.10. The highest BCUT2D eigenvalue weighted by Gasteiger charge is 2.17. The molecule has 18 heavy (non-hydrogen) atoms. The maximum atomic E-state index is 10.9. The maximum Gasteiger partial charge on any atom is 0.332 e. The lowest BCUT2D eigenvalue weighted by atomic mass is 10.2. The lowest BCUT2D eigenvalue weighted by Crippen LogP contribution is -2.26. The first-order valence-corrected chi connectivity index (χ1v) is 6.57. The first-order chi connectivity index (χ1) is 8.54. The molecule has 0 aliphatic rings. The standard InChI is InChI=1S/C13H17BrO4/c1-3-17-11(13(15)16)6-7-18-12-8-10(14)5-4-9(12)2/h4-5,8,11H,3,6-7H2,1-2H3,(H,15,16). The number of aryl methyl sites for hydroxylation is 1. The molecule has 1 unspecified atom stereocenters. The van der Waals surface area contributed by atoms with Crippen LogP contribution in [0.3, 0.4) is 0 Å². The fourth-order valence-corrected chi connectivity index (χ4v) is 1.82. The molecule has 1 aromatic rings. The molecule has 0 radical (unpaired) electrons. The third-order valence-electron chi connectivity index (χ3n) is 2.43. The summed E-state index contributed by atoms with van der Waals surface area (Å²) in [5.74, 6) is -0.198. The van der Waals surface area contributed by atoms with Crippen molar-refractivity contribution in [1.29, 1.82) is 0 Å². The van der Waals surface area contributed by atoms with Crippen molar-refractivity contribution in [2.24, 2.45) is 0 Å². The van der Waals surface area contributed by atoms with E-state index in [-0.39, 0.29) is 0 Å². The van der Waals surface area contributed by atoms with Crippen LogP contribution in [0.2, 0.25) is 0 Å². The van der Waals surface area contributed by atoms with Gasteiger partial charge in [0.05, 0.1) is 6.61 Å². The van der Waals surface area contributed by atoms with Crippen molar-refractivity contribution in [3.8, 4) is 5.75 Å². The number of hydrogen-bond donors (Lipinski definition) is 1. The van der Waals surface area contributed by atoms with Crippen molar-refractivity contribution in [3.05, 3.63) is 28.2 Å². The van der Waals surface area contributed by atoms with Gasteiger partial charge in [0, 0.05) is 17.5 Å². The number of hydrogen-bond acceptors (Lipinski definition) is 3. The smallest absolute Gasteiger partial charge is 0.332 e. The van der Waals surface area contributed by atoms with Crippen LogP contribution >= 0.6 is 15.9 Å². The predicted octanol–water partition coefficient (Wildman–Crippen LogP) is 3.02. The molecule has 0 fully saturated rings. The molecule has 1 atom stereocenters. The van der Waals surface area contributed by atoms with E-state index in [9.17, 15) is 4.79 Å². The topological polar surface area (TPSA) is 55.8 Å². The quantitative estimate of drug-likeness (QED) is 0.840. The van der Waals surface area contributed by atoms with Gasteiger partial charge in [0.25, 0.3) is 0 Å². The van der Waals surface area contributed by atoms with Crippen LogP contribution in [0.25, 0.3) is 0 Å². The number of ether oxygens (including phenoxy) is 2. The summed E-state index contributed by atoms with van der Waals surface area (Å²) in [6, 6.07) is 5.74. The number of carboxylic acids is 1. The van der Waals surface area contributed by atoms with Crippen molar-refractivity contribution in [3.63, 3.8) is 0 Å². The van der Waals surface area contributed by atoms with E-state index in [1.54, 1.807) is 6.92 Å². The Kier molecular flexibility index (Phi) is 6.15. The molecule has 0 amide bonds. The number of carbonyl (C=O) groups is 1. The minimum atomic E-state index is -0.952. The molecule has 1 rings (SSSR count). The van der Waals surface area contributed by atoms with Gasteiger partial charge in [-0.1, -0.05) is 22.0 Å². The predicted molar refractivity (Wildman–Crippen MR) is 72.0 cm³/mol. The van der Waals surface area contributed by atoms with Crippen LogP contribution < -0.4 is 4.74 Å². The number of halogens is 1. The van der Waals surface area contributed by atoms with Gasteiger partial charge in [-0.05, 0) is 31.5 Å². The molecule has 100 valence electrons. The summed E-state index contributed by atoms with van der Waals surface area (Å²) >= 11 is 3.37. The molecule has 1 N–H and O–H groups in total. The van der Waals surface area contributed by atoms with Crippen LogP contribution in [0.15, 0.2) is 22.7 Å². The third-order valence-corrected chi connectivity index (χ3v) is 2.92. The van der Waals surface area contributed by atoms with Gasteiger partial charge in [-0.2, -0.15) is 0 Å². The Bertz CT molecular complexity index is 406. The Labute approximate surface area is 115 Å². The molecule has 0 spiro atoms. The van der Waals surface area contributed by atoms with Gasteiger partial charge in [-0.15, -0.1) is 0 Å². The molecule has 0 saturated heterocycles. The average Bonchev–Trinajstić information content (AvgIpc) is 2.32. The van der Waals surface area contributed by atoms with Crippen LogP contribution in [0, 0.1) is 6.92 Å². The Balaban J connectivity index is 2.49. The SMILES string of the molecule is CCOC(CCOc1cc(Br)ccc1C)C(=O)O. The lowest BCUT2D eigenvalue weighted by Gasteiger charge is -2.14. The Morgan fingerprint density at radius 3 is 2.83 bits per heavy atom. The summed E-state index contributed by atoms with van der Waals surface area (Å²) < 4.78 is 11.6. The van der Waals surface area contributed by atoms with E-state index in [0.29, 0.717) is 19.6 Å². The first-order valence-electron chi connectivity index (χ1n) is 5.78. The molecule has 0 aliphatic carbocycles. The highest BCUT2D eigenvalue weighted by Crippen LogP contribution is 2.23. The van der Waals surface area contributed by atoms with Gasteiger partial charge >= 0.3 is 5.97 Å². The van der Waals surface area contributed by atoms with Crippen molar-refractivity contribution in [1.82, 2.24) is 0 Å². The second-order valence-corrected chi connectivity index (χ2v) is 4.74. The van der Waals surface area contributed by atoms with Crippen LogP contribution in [-0.2, 0) is 9.53 Å². The summed E-state index contributed by atoms with van der Waals surface area (Å²) in [5.41, 5.74) is 1.02. The number of benzene rings is 1. The zero-order valence-corrected chi connectivity index (χ0v) is 12.1. The normalized spacial score (nSPS) is 12.2. The van der Waals surface area contributed by atoms with E-state index in [1.807, 2.05) is 25.1 Å².